The van der Waals surface area contributed by atoms with Crippen molar-refractivity contribution in [2.45, 2.75) is 90.5 Å². The largest absolute Gasteiger partial charge is 0.463 e. The number of rotatable bonds is 12. The SMILES string of the molecule is CCOC(=O)/C=C/CCC[C@@H](O)CO[Si](C(C)C)(C(C)C)C(C)C. The van der Waals surface area contributed by atoms with Crippen molar-refractivity contribution in [3.05, 3.63) is 12.2 Å². The van der Waals surface area contributed by atoms with Crippen LogP contribution in [0.25, 0.3) is 0 Å². The van der Waals surface area contributed by atoms with Gasteiger partial charge < -0.3 is 14.3 Å². The summed E-state index contributed by atoms with van der Waals surface area (Å²) in [6.07, 6.45) is 5.11. The third-order valence-electron chi connectivity index (χ3n) is 4.68. The van der Waals surface area contributed by atoms with Gasteiger partial charge >= 0.3 is 5.97 Å². The molecule has 0 aliphatic carbocycles. The Bertz CT molecular complexity index is 356. The molecule has 0 saturated carbocycles. The molecule has 0 radical (unpaired) electrons. The molecule has 142 valence electrons. The number of aliphatic hydroxyl groups excluding tert-OH is 1. The van der Waals surface area contributed by atoms with Crippen LogP contribution in [-0.2, 0) is 14.0 Å². The van der Waals surface area contributed by atoms with Gasteiger partial charge in [-0.25, -0.2) is 4.79 Å². The molecule has 1 atom stereocenters. The van der Waals surface area contributed by atoms with Crippen LogP contribution in [0.4, 0.5) is 0 Å². The zero-order valence-electron chi connectivity index (χ0n) is 16.7. The molecule has 0 aliphatic rings. The molecule has 0 saturated heterocycles. The third kappa shape index (κ3) is 7.49. The van der Waals surface area contributed by atoms with Crippen LogP contribution in [0.3, 0.4) is 0 Å². The standard InChI is InChI=1S/C19H38O4Si/c1-8-22-19(21)13-11-9-10-12-18(20)14-23-24(15(2)3,16(4)5)17(6)7/h11,13,15-18,20H,8-10,12,14H2,1-7H3/b13-11+/t18-/m1/s1. The maximum Gasteiger partial charge on any atom is 0.330 e. The maximum atomic E-state index is 11.2. The second-order valence-electron chi connectivity index (χ2n) is 7.37. The Morgan fingerprint density at radius 1 is 1.08 bits per heavy atom. The van der Waals surface area contributed by atoms with Gasteiger partial charge in [0.05, 0.1) is 19.3 Å². The topological polar surface area (TPSA) is 55.8 Å². The van der Waals surface area contributed by atoms with E-state index < -0.39 is 14.4 Å². The molecule has 0 aromatic carbocycles. The fourth-order valence-electron chi connectivity index (χ4n) is 3.67. The molecule has 0 fully saturated rings. The van der Waals surface area contributed by atoms with Crippen LogP contribution < -0.4 is 0 Å². The van der Waals surface area contributed by atoms with Gasteiger partial charge in [-0.1, -0.05) is 47.6 Å². The van der Waals surface area contributed by atoms with E-state index in [2.05, 4.69) is 41.5 Å². The summed E-state index contributed by atoms with van der Waals surface area (Å²) in [5.74, 6) is -0.303. The molecule has 0 unspecified atom stereocenters. The Morgan fingerprint density at radius 2 is 1.62 bits per heavy atom. The number of carbonyl (C=O) groups is 1. The predicted molar refractivity (Wildman–Crippen MR) is 103 cm³/mol. The number of ether oxygens (including phenoxy) is 1. The number of esters is 1. The van der Waals surface area contributed by atoms with Gasteiger partial charge in [0.1, 0.15) is 0 Å². The molecule has 5 heteroatoms. The summed E-state index contributed by atoms with van der Waals surface area (Å²) in [6.45, 7) is 16.1. The Kier molecular flexibility index (Phi) is 11.5. The van der Waals surface area contributed by atoms with Crippen molar-refractivity contribution < 1.29 is 19.1 Å². The number of aliphatic hydroxyl groups is 1. The lowest BCUT2D eigenvalue weighted by Crippen LogP contribution is -2.49. The molecular formula is C19H38O4Si. The highest BCUT2D eigenvalue weighted by molar-refractivity contribution is 6.77. The summed E-state index contributed by atoms with van der Waals surface area (Å²) >= 11 is 0. The van der Waals surface area contributed by atoms with Gasteiger partial charge in [-0.15, -0.1) is 0 Å². The first-order valence-corrected chi connectivity index (χ1v) is 11.5. The number of hydrogen-bond acceptors (Lipinski definition) is 4. The van der Waals surface area contributed by atoms with Gasteiger partial charge in [0, 0.05) is 6.08 Å². The Balaban J connectivity index is 4.32. The van der Waals surface area contributed by atoms with E-state index in [1.54, 1.807) is 13.0 Å². The van der Waals surface area contributed by atoms with Crippen LogP contribution in [0.1, 0.15) is 67.7 Å². The molecule has 0 heterocycles. The Hall–Kier alpha value is -0.653. The van der Waals surface area contributed by atoms with Gasteiger partial charge in [0.25, 0.3) is 0 Å². The minimum absolute atomic E-state index is 0.303. The normalized spacial score (nSPS) is 14.1. The van der Waals surface area contributed by atoms with Crippen molar-refractivity contribution in [1.82, 2.24) is 0 Å². The first kappa shape index (κ1) is 23.3. The Labute approximate surface area is 149 Å². The van der Waals surface area contributed by atoms with Gasteiger partial charge in [0.2, 0.25) is 0 Å². The van der Waals surface area contributed by atoms with Crippen molar-refractivity contribution in [2.24, 2.45) is 0 Å². The molecule has 0 aromatic rings. The molecule has 0 amide bonds. The molecule has 24 heavy (non-hydrogen) atoms. The van der Waals surface area contributed by atoms with Crippen LogP contribution in [0, 0.1) is 0 Å². The van der Waals surface area contributed by atoms with Gasteiger partial charge in [-0.2, -0.15) is 0 Å². The van der Waals surface area contributed by atoms with Crippen molar-refractivity contribution in [3.8, 4) is 0 Å². The minimum atomic E-state index is -1.90. The second-order valence-corrected chi connectivity index (χ2v) is 12.8. The lowest BCUT2D eigenvalue weighted by Gasteiger charge is -2.42. The van der Waals surface area contributed by atoms with Gasteiger partial charge in [-0.3, -0.25) is 0 Å². The summed E-state index contributed by atoms with van der Waals surface area (Å²) < 4.78 is 11.2. The highest BCUT2D eigenvalue weighted by Crippen LogP contribution is 2.42. The zero-order valence-corrected chi connectivity index (χ0v) is 17.7. The number of carbonyl (C=O) groups excluding carboxylic acids is 1. The average Bonchev–Trinajstić information content (AvgIpc) is 2.46. The number of allylic oxidation sites excluding steroid dienone is 1. The highest BCUT2D eigenvalue weighted by atomic mass is 28.4. The minimum Gasteiger partial charge on any atom is -0.463 e. The fourth-order valence-corrected chi connectivity index (χ4v) is 9.15. The molecule has 0 spiro atoms. The third-order valence-corrected chi connectivity index (χ3v) is 10.8. The lowest BCUT2D eigenvalue weighted by molar-refractivity contribution is -0.137. The average molecular weight is 359 g/mol. The smallest absolute Gasteiger partial charge is 0.330 e. The van der Waals surface area contributed by atoms with Crippen LogP contribution in [0.5, 0.6) is 0 Å². The summed E-state index contributed by atoms with van der Waals surface area (Å²) in [5, 5.41) is 10.2. The molecule has 0 aliphatic heterocycles. The van der Waals surface area contributed by atoms with E-state index in [0.29, 0.717) is 36.3 Å². The van der Waals surface area contributed by atoms with E-state index in [4.69, 9.17) is 9.16 Å². The van der Waals surface area contributed by atoms with Crippen LogP contribution in [-0.4, -0.2) is 38.7 Å². The summed E-state index contributed by atoms with van der Waals surface area (Å²) in [6, 6.07) is 0. The van der Waals surface area contributed by atoms with Crippen LogP contribution in [0.15, 0.2) is 12.2 Å². The Morgan fingerprint density at radius 3 is 2.08 bits per heavy atom. The van der Waals surface area contributed by atoms with Crippen molar-refractivity contribution in [3.63, 3.8) is 0 Å². The van der Waals surface area contributed by atoms with Gasteiger partial charge in [0.15, 0.2) is 8.32 Å². The quantitative estimate of drug-likeness (QED) is 0.235. The molecule has 4 nitrogen and oxygen atoms in total. The van der Waals surface area contributed by atoms with E-state index in [0.717, 1.165) is 12.8 Å². The predicted octanol–water partition coefficient (Wildman–Crippen LogP) is 4.83. The summed E-state index contributed by atoms with van der Waals surface area (Å²) in [5.41, 5.74) is 1.58. The van der Waals surface area contributed by atoms with E-state index in [9.17, 15) is 9.90 Å². The van der Waals surface area contributed by atoms with Crippen LogP contribution in [0.2, 0.25) is 16.6 Å². The van der Waals surface area contributed by atoms with E-state index in [1.165, 1.54) is 6.08 Å². The maximum absolute atomic E-state index is 11.2. The zero-order chi connectivity index (χ0) is 18.8. The first-order chi connectivity index (χ1) is 11.2. The van der Waals surface area contributed by atoms with E-state index in [1.807, 2.05) is 0 Å². The lowest BCUT2D eigenvalue weighted by atomic mass is 10.1. The molecular weight excluding hydrogens is 320 g/mol. The molecule has 0 rings (SSSR count). The fraction of sp³-hybridized carbons (Fsp3) is 0.842. The highest BCUT2D eigenvalue weighted by Gasteiger charge is 2.45. The first-order valence-electron chi connectivity index (χ1n) is 9.33. The number of hydrogen-bond donors (Lipinski definition) is 1. The molecule has 1 N–H and O–H groups in total. The summed E-state index contributed by atoms with van der Waals surface area (Å²) in [7, 11) is -1.90. The number of unbranched alkanes of at least 4 members (excludes halogenated alkanes) is 1. The van der Waals surface area contributed by atoms with Crippen LogP contribution >= 0.6 is 0 Å². The molecule has 0 aromatic heterocycles. The van der Waals surface area contributed by atoms with E-state index >= 15 is 0 Å². The van der Waals surface area contributed by atoms with Crippen molar-refractivity contribution in [2.75, 3.05) is 13.2 Å². The van der Waals surface area contributed by atoms with E-state index in [-0.39, 0.29) is 5.97 Å². The summed E-state index contributed by atoms with van der Waals surface area (Å²) in [4.78, 5) is 11.2. The second kappa shape index (κ2) is 11.8. The molecule has 0 bridgehead atoms. The van der Waals surface area contributed by atoms with Gasteiger partial charge in [-0.05, 0) is 42.8 Å². The van der Waals surface area contributed by atoms with Crippen molar-refractivity contribution >= 4 is 14.3 Å². The monoisotopic (exact) mass is 358 g/mol. The van der Waals surface area contributed by atoms with Crippen molar-refractivity contribution in [1.29, 1.82) is 0 Å².